The fourth-order valence-electron chi connectivity index (χ4n) is 15.1. The minimum absolute atomic E-state index is 0.0164. The summed E-state index contributed by atoms with van der Waals surface area (Å²) in [4.78, 5) is 26.4. The molecule has 1 amide bonds. The average molecular weight is 864 g/mol. The van der Waals surface area contributed by atoms with Gasteiger partial charge in [0.2, 0.25) is 5.91 Å². The van der Waals surface area contributed by atoms with Crippen molar-refractivity contribution < 1.29 is 63.9 Å². The lowest BCUT2D eigenvalue weighted by molar-refractivity contribution is -0.366. The van der Waals surface area contributed by atoms with Crippen molar-refractivity contribution in [3.8, 4) is 0 Å². The van der Waals surface area contributed by atoms with Crippen LogP contribution in [0.15, 0.2) is 12.2 Å². The molecule has 2 saturated heterocycles. The summed E-state index contributed by atoms with van der Waals surface area (Å²) >= 11 is 0. The fraction of sp³-hybridized carbons (Fsp3) is 0.915. The number of hydrogen-bond acceptors (Lipinski definition) is 13. The van der Waals surface area contributed by atoms with Crippen LogP contribution in [0.4, 0.5) is 0 Å². The van der Waals surface area contributed by atoms with Gasteiger partial charge in [-0.2, -0.15) is 0 Å². The van der Waals surface area contributed by atoms with Crippen LogP contribution < -0.4 is 5.32 Å². The molecule has 0 aromatic carbocycles. The Morgan fingerprint density at radius 2 is 1.56 bits per heavy atom. The van der Waals surface area contributed by atoms with Gasteiger partial charge in [0.05, 0.1) is 37.4 Å². The average Bonchev–Trinajstić information content (AvgIpc) is 3.63. The minimum atomic E-state index is -1.63. The Morgan fingerprint density at radius 1 is 0.820 bits per heavy atom. The molecule has 14 nitrogen and oxygen atoms in total. The molecule has 5 saturated carbocycles. The number of nitrogens with one attached hydrogen (secondary N) is 1. The molecule has 5 aliphatic carbocycles. The van der Waals surface area contributed by atoms with Gasteiger partial charge in [-0.15, -0.1) is 0 Å². The zero-order valence-corrected chi connectivity index (χ0v) is 37.7. The predicted molar refractivity (Wildman–Crippen MR) is 223 cm³/mol. The Bertz CT molecular complexity index is 1620. The van der Waals surface area contributed by atoms with Crippen LogP contribution in [-0.2, 0) is 33.3 Å². The van der Waals surface area contributed by atoms with E-state index in [0.29, 0.717) is 37.8 Å². The number of hydrogen-bond donors (Lipinski definition) is 7. The Balaban J connectivity index is 1.10. The predicted octanol–water partition coefficient (Wildman–Crippen LogP) is 3.75. The number of fused-ring (bicyclic) bond motifs is 7. The van der Waals surface area contributed by atoms with E-state index in [1.165, 1.54) is 6.92 Å². The SMILES string of the molecule is C=C(C)[C@@H]1CC[C@]2(C(=O)NCCCC(=O)OCC)CC[C@]3(C)[C@H](CC[C@@H]4[C@@]5(C)CC[C@H](O[C@@H]6OC[C@H](O)[C@H](O)[C@H]6O[C@@H]6O[C@@H](C)[C@H](O)[C@@H](O)[C@H]6O)[C@@](C)(CO)[C@@H]5CC[C@]43C)[C@@H]12. The molecule has 0 aromatic heterocycles. The van der Waals surface area contributed by atoms with Gasteiger partial charge in [-0.05, 0) is 137 Å². The molecule has 7 N–H and O–H groups in total. The quantitative estimate of drug-likeness (QED) is 0.0646. The molecule has 14 heteroatoms. The van der Waals surface area contributed by atoms with E-state index in [0.717, 1.165) is 63.4 Å². The first-order valence-corrected chi connectivity index (χ1v) is 23.4. The molecule has 348 valence electrons. The molecule has 2 heterocycles. The van der Waals surface area contributed by atoms with Gasteiger partial charge in [-0.25, -0.2) is 0 Å². The summed E-state index contributed by atoms with van der Waals surface area (Å²) in [5.74, 6) is 1.18. The lowest BCUT2D eigenvalue weighted by Gasteiger charge is -2.73. The number of carbonyl (C=O) groups is 2. The third-order valence-corrected chi connectivity index (χ3v) is 18.6. The summed E-state index contributed by atoms with van der Waals surface area (Å²) < 4.78 is 29.6. The van der Waals surface area contributed by atoms with E-state index in [1.54, 1.807) is 6.92 Å². The van der Waals surface area contributed by atoms with Crippen LogP contribution in [-0.4, -0.2) is 130 Å². The standard InChI is InChI=1S/C47H77NO13/c1-9-57-33(51)11-10-22-48-42(56)47-19-14-27(25(2)3)34(47)28-12-13-31-43(5)17-16-32(44(6,24-49)30(43)15-18-46(31,8)45(28,7)20-21-47)60-41-39(36(53)29(50)23-58-41)61-40-38(55)37(54)35(52)26(4)59-40/h26-32,34-41,49-50,52-55H,2,9-24H2,1,3-8H3,(H,48,56)/t26-,27-,28+,29-,30+,31+,32-,34+,35-,36-,37+,38+,39+,40-,41-,43-,44-,45+,46+,47-/m0/s1. The lowest BCUT2D eigenvalue weighted by atomic mass is 9.32. The smallest absolute Gasteiger partial charge is 0.305 e. The van der Waals surface area contributed by atoms with Gasteiger partial charge < -0.3 is 59.6 Å². The first-order valence-electron chi connectivity index (χ1n) is 23.4. The number of aliphatic hydroxyl groups excluding tert-OH is 6. The van der Waals surface area contributed by atoms with E-state index in [-0.39, 0.29) is 65.5 Å². The first kappa shape index (κ1) is 47.2. The van der Waals surface area contributed by atoms with Crippen molar-refractivity contribution in [1.82, 2.24) is 5.32 Å². The van der Waals surface area contributed by atoms with Crippen LogP contribution in [0.25, 0.3) is 0 Å². The number of rotatable bonds is 12. The maximum Gasteiger partial charge on any atom is 0.305 e. The highest BCUT2D eigenvalue weighted by Gasteiger charge is 2.72. The first-order chi connectivity index (χ1) is 28.7. The molecule has 0 bridgehead atoms. The van der Waals surface area contributed by atoms with Crippen molar-refractivity contribution in [2.24, 2.45) is 56.7 Å². The van der Waals surface area contributed by atoms with Crippen molar-refractivity contribution in [3.63, 3.8) is 0 Å². The van der Waals surface area contributed by atoms with Crippen molar-refractivity contribution in [2.75, 3.05) is 26.4 Å². The van der Waals surface area contributed by atoms with E-state index < -0.39 is 72.2 Å². The second-order valence-electron chi connectivity index (χ2n) is 21.4. The van der Waals surface area contributed by atoms with Crippen molar-refractivity contribution in [2.45, 2.75) is 187 Å². The minimum Gasteiger partial charge on any atom is -0.466 e. The highest BCUT2D eigenvalue weighted by molar-refractivity contribution is 5.84. The maximum absolute atomic E-state index is 14.4. The van der Waals surface area contributed by atoms with Crippen LogP contribution in [0.3, 0.4) is 0 Å². The number of amides is 1. The largest absolute Gasteiger partial charge is 0.466 e. The van der Waals surface area contributed by atoms with Crippen LogP contribution in [0.1, 0.15) is 126 Å². The van der Waals surface area contributed by atoms with E-state index >= 15 is 0 Å². The van der Waals surface area contributed by atoms with Gasteiger partial charge in [0.25, 0.3) is 0 Å². The number of aliphatic hydroxyl groups is 6. The van der Waals surface area contributed by atoms with E-state index in [9.17, 15) is 40.2 Å². The number of carbonyl (C=O) groups excluding carboxylic acids is 2. The maximum atomic E-state index is 14.4. The summed E-state index contributed by atoms with van der Waals surface area (Å²) in [5, 5.41) is 67.9. The van der Waals surface area contributed by atoms with Crippen molar-refractivity contribution >= 4 is 11.9 Å². The van der Waals surface area contributed by atoms with Crippen LogP contribution in [0, 0.1) is 56.7 Å². The zero-order chi connectivity index (χ0) is 44.4. The van der Waals surface area contributed by atoms with E-state index in [4.69, 9.17) is 23.7 Å². The molecule has 7 rings (SSSR count). The van der Waals surface area contributed by atoms with Gasteiger partial charge in [-0.1, -0.05) is 39.8 Å². The molecular weight excluding hydrogens is 787 g/mol. The van der Waals surface area contributed by atoms with Gasteiger partial charge in [0.1, 0.15) is 36.6 Å². The number of allylic oxidation sites excluding steroid dienone is 1. The van der Waals surface area contributed by atoms with Gasteiger partial charge in [-0.3, -0.25) is 9.59 Å². The number of esters is 1. The highest BCUT2D eigenvalue weighted by Crippen LogP contribution is 2.77. The second kappa shape index (κ2) is 17.6. The van der Waals surface area contributed by atoms with Crippen LogP contribution in [0.2, 0.25) is 0 Å². The van der Waals surface area contributed by atoms with Crippen LogP contribution >= 0.6 is 0 Å². The second-order valence-corrected chi connectivity index (χ2v) is 21.4. The molecule has 7 aliphatic rings. The fourth-order valence-corrected chi connectivity index (χ4v) is 15.1. The number of ether oxygens (including phenoxy) is 5. The molecule has 2 aliphatic heterocycles. The van der Waals surface area contributed by atoms with E-state index in [1.807, 2.05) is 0 Å². The molecule has 7 fully saturated rings. The van der Waals surface area contributed by atoms with Gasteiger partial charge >= 0.3 is 5.97 Å². The van der Waals surface area contributed by atoms with Gasteiger partial charge in [0.15, 0.2) is 12.6 Å². The summed E-state index contributed by atoms with van der Waals surface area (Å²) in [5.41, 5.74) is -0.152. The third-order valence-electron chi connectivity index (χ3n) is 18.6. The summed E-state index contributed by atoms with van der Waals surface area (Å²) in [6.45, 7) is 20.0. The topological polar surface area (TPSA) is 214 Å². The molecule has 20 atom stereocenters. The summed E-state index contributed by atoms with van der Waals surface area (Å²) in [6.07, 6.45) is -2.73. The molecule has 0 spiro atoms. The highest BCUT2D eigenvalue weighted by atomic mass is 16.8. The monoisotopic (exact) mass is 864 g/mol. The molecule has 0 aromatic rings. The van der Waals surface area contributed by atoms with Gasteiger partial charge in [0, 0.05) is 18.4 Å². The van der Waals surface area contributed by atoms with Crippen molar-refractivity contribution in [1.29, 1.82) is 0 Å². The molecule has 0 unspecified atom stereocenters. The molecular formula is C47H77NO13. The Hall–Kier alpha value is -1.72. The third kappa shape index (κ3) is 7.66. The molecule has 0 radical (unpaired) electrons. The summed E-state index contributed by atoms with van der Waals surface area (Å²) in [6, 6.07) is 0. The Morgan fingerprint density at radius 3 is 2.25 bits per heavy atom. The van der Waals surface area contributed by atoms with Crippen LogP contribution in [0.5, 0.6) is 0 Å². The van der Waals surface area contributed by atoms with E-state index in [2.05, 4.69) is 46.5 Å². The van der Waals surface area contributed by atoms with Crippen molar-refractivity contribution in [3.05, 3.63) is 12.2 Å². The zero-order valence-electron chi connectivity index (χ0n) is 37.7. The lowest BCUT2D eigenvalue weighted by Crippen LogP contribution is -2.68. The summed E-state index contributed by atoms with van der Waals surface area (Å²) in [7, 11) is 0. The Kier molecular flexibility index (Phi) is 13.6. The molecule has 61 heavy (non-hydrogen) atoms. The Labute approximate surface area is 362 Å². The normalized spacial score (nSPS) is 50.7.